The van der Waals surface area contributed by atoms with Crippen molar-refractivity contribution < 1.29 is 9.53 Å². The first-order valence-corrected chi connectivity index (χ1v) is 6.11. The van der Waals surface area contributed by atoms with Gasteiger partial charge < -0.3 is 4.74 Å². The number of ether oxygens (including phenoxy) is 1. The van der Waals surface area contributed by atoms with Gasteiger partial charge in [0.15, 0.2) is 0 Å². The van der Waals surface area contributed by atoms with Crippen LogP contribution in [0.4, 0.5) is 0 Å². The van der Waals surface area contributed by atoms with Crippen LogP contribution < -0.4 is 0 Å². The SMILES string of the molecule is CC1=C[C@H](COC(=O)C(C)C)C(C)(C)[C@H]1C. The molecule has 0 unspecified atom stereocenters. The van der Waals surface area contributed by atoms with Crippen LogP contribution in [0.15, 0.2) is 11.6 Å². The average Bonchev–Trinajstić information content (AvgIpc) is 2.38. The maximum Gasteiger partial charge on any atom is 0.308 e. The van der Waals surface area contributed by atoms with Crippen molar-refractivity contribution in [1.82, 2.24) is 0 Å². The molecule has 0 N–H and O–H groups in total. The Balaban J connectivity index is 2.59. The minimum Gasteiger partial charge on any atom is -0.465 e. The summed E-state index contributed by atoms with van der Waals surface area (Å²) in [5, 5.41) is 0. The van der Waals surface area contributed by atoms with Crippen LogP contribution in [0.5, 0.6) is 0 Å². The maximum atomic E-state index is 11.4. The fraction of sp³-hybridized carbons (Fsp3) is 0.786. The van der Waals surface area contributed by atoms with Crippen molar-refractivity contribution in [1.29, 1.82) is 0 Å². The van der Waals surface area contributed by atoms with Gasteiger partial charge in [0.1, 0.15) is 0 Å². The fourth-order valence-corrected chi connectivity index (χ4v) is 2.19. The second kappa shape index (κ2) is 4.60. The van der Waals surface area contributed by atoms with E-state index < -0.39 is 0 Å². The van der Waals surface area contributed by atoms with Gasteiger partial charge >= 0.3 is 5.97 Å². The Morgan fingerprint density at radius 2 is 2.06 bits per heavy atom. The molecule has 1 aliphatic carbocycles. The highest BCUT2D eigenvalue weighted by Crippen LogP contribution is 2.46. The molecule has 0 aromatic rings. The monoisotopic (exact) mass is 224 g/mol. The molecule has 0 bridgehead atoms. The van der Waals surface area contributed by atoms with E-state index in [2.05, 4.69) is 33.8 Å². The molecule has 0 saturated heterocycles. The van der Waals surface area contributed by atoms with Gasteiger partial charge in [-0.25, -0.2) is 0 Å². The highest BCUT2D eigenvalue weighted by Gasteiger charge is 2.40. The van der Waals surface area contributed by atoms with Crippen molar-refractivity contribution >= 4 is 5.97 Å². The molecule has 16 heavy (non-hydrogen) atoms. The molecule has 0 spiro atoms. The number of carbonyl (C=O) groups is 1. The Labute approximate surface area is 99.1 Å². The van der Waals surface area contributed by atoms with Gasteiger partial charge in [0.05, 0.1) is 12.5 Å². The smallest absolute Gasteiger partial charge is 0.308 e. The molecule has 1 rings (SSSR count). The quantitative estimate of drug-likeness (QED) is 0.542. The van der Waals surface area contributed by atoms with Gasteiger partial charge in [-0.1, -0.05) is 46.3 Å². The molecule has 0 aliphatic heterocycles. The van der Waals surface area contributed by atoms with E-state index in [1.807, 2.05) is 13.8 Å². The van der Waals surface area contributed by atoms with Crippen LogP contribution in [0.1, 0.15) is 41.5 Å². The molecule has 2 nitrogen and oxygen atoms in total. The van der Waals surface area contributed by atoms with Gasteiger partial charge in [0.2, 0.25) is 0 Å². The zero-order chi connectivity index (χ0) is 12.5. The summed E-state index contributed by atoms with van der Waals surface area (Å²) < 4.78 is 5.34. The Morgan fingerprint density at radius 1 is 1.50 bits per heavy atom. The first-order valence-electron chi connectivity index (χ1n) is 6.11. The lowest BCUT2D eigenvalue weighted by molar-refractivity contribution is -0.149. The summed E-state index contributed by atoms with van der Waals surface area (Å²) in [6.45, 7) is 13.2. The van der Waals surface area contributed by atoms with Gasteiger partial charge in [0.25, 0.3) is 0 Å². The molecule has 0 heterocycles. The van der Waals surface area contributed by atoms with Crippen LogP contribution >= 0.6 is 0 Å². The molecular formula is C14H24O2. The molecule has 1 aliphatic rings. The Hall–Kier alpha value is -0.790. The topological polar surface area (TPSA) is 26.3 Å². The molecule has 2 heteroatoms. The number of carbonyl (C=O) groups excluding carboxylic acids is 1. The second-order valence-electron chi connectivity index (χ2n) is 5.84. The lowest BCUT2D eigenvalue weighted by Gasteiger charge is -2.32. The van der Waals surface area contributed by atoms with Crippen molar-refractivity contribution in [2.45, 2.75) is 41.5 Å². The molecule has 0 radical (unpaired) electrons. The summed E-state index contributed by atoms with van der Waals surface area (Å²) in [6, 6.07) is 0. The third-order valence-electron chi connectivity index (χ3n) is 4.10. The van der Waals surface area contributed by atoms with Crippen molar-refractivity contribution in [3.8, 4) is 0 Å². The summed E-state index contributed by atoms with van der Waals surface area (Å²) in [7, 11) is 0. The molecule has 0 aromatic heterocycles. The normalized spacial score (nSPS) is 28.1. The van der Waals surface area contributed by atoms with Gasteiger partial charge in [-0.2, -0.15) is 0 Å². The minimum atomic E-state index is -0.0959. The predicted molar refractivity (Wildman–Crippen MR) is 66.0 cm³/mol. The molecule has 2 atom stereocenters. The van der Waals surface area contributed by atoms with Gasteiger partial charge in [-0.15, -0.1) is 0 Å². The van der Waals surface area contributed by atoms with Crippen molar-refractivity contribution in [2.24, 2.45) is 23.2 Å². The molecule has 0 saturated carbocycles. The minimum absolute atomic E-state index is 0.0352. The van der Waals surface area contributed by atoms with Gasteiger partial charge in [-0.3, -0.25) is 4.79 Å². The summed E-state index contributed by atoms with van der Waals surface area (Å²) >= 11 is 0. The third kappa shape index (κ3) is 2.47. The second-order valence-corrected chi connectivity index (χ2v) is 5.84. The summed E-state index contributed by atoms with van der Waals surface area (Å²) in [5.41, 5.74) is 1.61. The van der Waals surface area contributed by atoms with Crippen LogP contribution in [-0.4, -0.2) is 12.6 Å². The first-order chi connectivity index (χ1) is 7.26. The molecule has 92 valence electrons. The van der Waals surface area contributed by atoms with E-state index in [0.29, 0.717) is 18.4 Å². The van der Waals surface area contributed by atoms with Gasteiger partial charge in [-0.05, 0) is 18.3 Å². The van der Waals surface area contributed by atoms with E-state index >= 15 is 0 Å². The zero-order valence-electron chi connectivity index (χ0n) is 11.3. The summed E-state index contributed by atoms with van der Waals surface area (Å²) in [4.78, 5) is 11.4. The van der Waals surface area contributed by atoms with E-state index in [9.17, 15) is 4.79 Å². The zero-order valence-corrected chi connectivity index (χ0v) is 11.3. The number of allylic oxidation sites excluding steroid dienone is 1. The van der Waals surface area contributed by atoms with E-state index in [1.165, 1.54) is 5.57 Å². The van der Waals surface area contributed by atoms with Crippen LogP contribution in [0.25, 0.3) is 0 Å². The van der Waals surface area contributed by atoms with Crippen LogP contribution in [0, 0.1) is 23.2 Å². The first kappa shape index (κ1) is 13.3. The van der Waals surface area contributed by atoms with E-state index in [0.717, 1.165) is 0 Å². The van der Waals surface area contributed by atoms with Crippen LogP contribution in [-0.2, 0) is 9.53 Å². The average molecular weight is 224 g/mol. The van der Waals surface area contributed by atoms with Crippen molar-refractivity contribution in [3.05, 3.63) is 11.6 Å². The largest absolute Gasteiger partial charge is 0.465 e. The standard InChI is InChI=1S/C14H24O2/c1-9(2)13(15)16-8-12-7-10(3)11(4)14(12,5)6/h7,9,11-12H,8H2,1-6H3/t11-,12+/m0/s1. The van der Waals surface area contributed by atoms with Crippen LogP contribution in [0.3, 0.4) is 0 Å². The van der Waals surface area contributed by atoms with Crippen molar-refractivity contribution in [3.63, 3.8) is 0 Å². The van der Waals surface area contributed by atoms with Crippen LogP contribution in [0.2, 0.25) is 0 Å². The van der Waals surface area contributed by atoms with Gasteiger partial charge in [0, 0.05) is 5.92 Å². The lowest BCUT2D eigenvalue weighted by Crippen LogP contribution is -2.29. The van der Waals surface area contributed by atoms with Crippen molar-refractivity contribution in [2.75, 3.05) is 6.61 Å². The number of hydrogen-bond acceptors (Lipinski definition) is 2. The van der Waals surface area contributed by atoms with E-state index in [4.69, 9.17) is 4.74 Å². The van der Waals surface area contributed by atoms with E-state index in [-0.39, 0.29) is 17.3 Å². The fourth-order valence-electron chi connectivity index (χ4n) is 2.19. The molecule has 0 amide bonds. The van der Waals surface area contributed by atoms with E-state index in [1.54, 1.807) is 0 Å². The highest BCUT2D eigenvalue weighted by atomic mass is 16.5. The summed E-state index contributed by atoms with van der Waals surface area (Å²) in [6.07, 6.45) is 2.26. The lowest BCUT2D eigenvalue weighted by atomic mass is 9.74. The Kier molecular flexibility index (Phi) is 3.82. The molecule has 0 fully saturated rings. The Morgan fingerprint density at radius 3 is 2.44 bits per heavy atom. The molecular weight excluding hydrogens is 200 g/mol. The predicted octanol–water partition coefficient (Wildman–Crippen LogP) is 3.42. The number of hydrogen-bond donors (Lipinski definition) is 0. The Bertz CT molecular complexity index is 300. The number of esters is 1. The number of rotatable bonds is 3. The summed E-state index contributed by atoms with van der Waals surface area (Å²) in [5.74, 6) is 0.786. The third-order valence-corrected chi connectivity index (χ3v) is 4.10. The molecule has 0 aromatic carbocycles. The maximum absolute atomic E-state index is 11.4. The highest BCUT2D eigenvalue weighted by molar-refractivity contribution is 5.71.